The first-order chi connectivity index (χ1) is 16.2. The number of rotatable bonds is 4. The number of allylic oxidation sites excluding steroid dienone is 3. The second kappa shape index (κ2) is 10.1. The van der Waals surface area contributed by atoms with Crippen molar-refractivity contribution in [1.82, 2.24) is 14.2 Å². The van der Waals surface area contributed by atoms with Crippen molar-refractivity contribution in [3.63, 3.8) is 0 Å². The van der Waals surface area contributed by atoms with E-state index in [9.17, 15) is 5.26 Å². The van der Waals surface area contributed by atoms with E-state index in [1.807, 2.05) is 18.2 Å². The second-order valence-electron chi connectivity index (χ2n) is 8.62. The second-order valence-corrected chi connectivity index (χ2v) is 12.7. The van der Waals surface area contributed by atoms with Crippen LogP contribution in [-0.4, -0.2) is 85.2 Å². The molecule has 9 heteroatoms. The minimum Gasteiger partial charge on any atom is -0.379 e. The zero-order valence-corrected chi connectivity index (χ0v) is 21.1. The van der Waals surface area contributed by atoms with E-state index in [2.05, 4.69) is 32.5 Å². The van der Waals surface area contributed by atoms with Gasteiger partial charge in [-0.25, -0.2) is 0 Å². The van der Waals surface area contributed by atoms with Crippen LogP contribution in [0.4, 0.5) is 0 Å². The summed E-state index contributed by atoms with van der Waals surface area (Å²) in [5.41, 5.74) is 2.12. The van der Waals surface area contributed by atoms with Crippen LogP contribution in [0, 0.1) is 11.3 Å². The molecule has 0 aliphatic carbocycles. The highest BCUT2D eigenvalue weighted by Gasteiger charge is 2.44. The summed E-state index contributed by atoms with van der Waals surface area (Å²) < 4.78 is 16.6. The first kappa shape index (κ1) is 23.5. The minimum atomic E-state index is -2.42. The third-order valence-corrected chi connectivity index (χ3v) is 12.1. The Hall–Kier alpha value is -1.29. The summed E-state index contributed by atoms with van der Waals surface area (Å²) in [6.45, 7) is 7.85. The molecule has 4 heterocycles. The van der Waals surface area contributed by atoms with E-state index >= 15 is 0 Å². The smallest absolute Gasteiger partial charge is 0.104 e. The molecule has 0 bridgehead atoms. The zero-order valence-electron chi connectivity index (χ0n) is 18.7. The Morgan fingerprint density at radius 2 is 1.42 bits per heavy atom. The highest BCUT2D eigenvalue weighted by atomic mass is 35.5. The number of nitriles is 1. The van der Waals surface area contributed by atoms with Gasteiger partial charge in [0.2, 0.25) is 0 Å². The van der Waals surface area contributed by atoms with E-state index in [0.717, 1.165) is 55.8 Å². The van der Waals surface area contributed by atoms with Gasteiger partial charge in [0.1, 0.15) is 11.4 Å². The topological polar surface area (TPSA) is 52.0 Å². The third kappa shape index (κ3) is 4.19. The Labute approximate surface area is 206 Å². The number of likely N-dealkylation sites (tertiary alicyclic amines) is 1. The number of hydrogen-bond donors (Lipinski definition) is 0. The molecule has 0 amide bonds. The fourth-order valence-corrected chi connectivity index (χ4v) is 10.4. The number of ether oxygens (including phenoxy) is 2. The maximum absolute atomic E-state index is 10.8. The Kier molecular flexibility index (Phi) is 7.20. The monoisotopic (exact) mass is 506 g/mol. The molecule has 3 fully saturated rings. The molecule has 0 radical (unpaired) electrons. The summed E-state index contributed by atoms with van der Waals surface area (Å²) in [7, 11) is -2.42. The summed E-state index contributed by atoms with van der Waals surface area (Å²) in [6.07, 6.45) is 6.73. The van der Waals surface area contributed by atoms with E-state index in [1.165, 1.54) is 18.1 Å². The molecule has 6 nitrogen and oxygen atoms in total. The largest absolute Gasteiger partial charge is 0.379 e. The number of nitrogens with zero attached hydrogens (tertiary/aromatic N) is 4. The first-order valence-electron chi connectivity index (χ1n) is 11.6. The maximum atomic E-state index is 10.8. The lowest BCUT2D eigenvalue weighted by atomic mass is 10.1. The van der Waals surface area contributed by atoms with E-state index in [1.54, 1.807) is 0 Å². The van der Waals surface area contributed by atoms with Crippen molar-refractivity contribution in [1.29, 1.82) is 5.26 Å². The van der Waals surface area contributed by atoms with Gasteiger partial charge >= 0.3 is 0 Å². The SMILES string of the molecule is N#CC1=C(N2CCCC2)C=CC(c2ccc(Cl)c(Cl)c2)=P1(N1CCOCC1)N1CCOCC1. The van der Waals surface area contributed by atoms with Crippen LogP contribution < -0.4 is 0 Å². The standard InChI is InChI=1S/C24H29Cl2N4O2P/c25-20-4-3-19(17-21(20)26)23-6-5-22(28-7-1-2-8-28)24(18-27)33(23,29-9-13-31-14-10-29)30-11-15-32-16-12-30/h3-6,17H,1-2,7-16H2. The maximum Gasteiger partial charge on any atom is 0.104 e. The molecule has 1 aromatic carbocycles. The Balaban J connectivity index is 1.83. The minimum absolute atomic E-state index is 0.532. The van der Waals surface area contributed by atoms with Crippen molar-refractivity contribution in [2.75, 3.05) is 65.7 Å². The molecule has 5 rings (SSSR count). The summed E-state index contributed by atoms with van der Waals surface area (Å²) in [5.74, 6) is 0. The summed E-state index contributed by atoms with van der Waals surface area (Å²) >= 11 is 12.8. The fourth-order valence-electron chi connectivity index (χ4n) is 5.35. The molecule has 0 aromatic heterocycles. The molecule has 3 saturated heterocycles. The molecule has 0 atom stereocenters. The molecule has 1 aromatic rings. The van der Waals surface area contributed by atoms with Crippen molar-refractivity contribution < 1.29 is 9.47 Å². The van der Waals surface area contributed by atoms with Crippen molar-refractivity contribution in [2.45, 2.75) is 12.8 Å². The van der Waals surface area contributed by atoms with Gasteiger partial charge in [-0.15, -0.1) is 0 Å². The molecule has 0 saturated carbocycles. The molecule has 0 spiro atoms. The van der Waals surface area contributed by atoms with Crippen molar-refractivity contribution >= 4 is 35.7 Å². The lowest BCUT2D eigenvalue weighted by Crippen LogP contribution is -2.46. The van der Waals surface area contributed by atoms with E-state index in [0.29, 0.717) is 36.5 Å². The van der Waals surface area contributed by atoms with Crippen LogP contribution in [0.3, 0.4) is 0 Å². The van der Waals surface area contributed by atoms with Crippen LogP contribution >= 0.6 is 30.4 Å². The summed E-state index contributed by atoms with van der Waals surface area (Å²) in [4.78, 5) is 2.40. The Bertz CT molecular complexity index is 1040. The van der Waals surface area contributed by atoms with Crippen LogP contribution in [0.2, 0.25) is 10.0 Å². The molecule has 4 aliphatic heterocycles. The molecule has 0 unspecified atom stereocenters. The lowest BCUT2D eigenvalue weighted by Gasteiger charge is -2.51. The number of halogens is 2. The highest BCUT2D eigenvalue weighted by Crippen LogP contribution is 2.66. The van der Waals surface area contributed by atoms with Gasteiger partial charge in [0.25, 0.3) is 0 Å². The van der Waals surface area contributed by atoms with Gasteiger partial charge in [-0.3, -0.25) is 9.34 Å². The molecule has 4 aliphatic rings. The fraction of sp³-hybridized carbons (Fsp3) is 0.500. The highest BCUT2D eigenvalue weighted by molar-refractivity contribution is 7.77. The van der Waals surface area contributed by atoms with Gasteiger partial charge in [-0.2, -0.15) is 5.26 Å². The van der Waals surface area contributed by atoms with Crippen LogP contribution in [-0.2, 0) is 9.47 Å². The predicted octanol–water partition coefficient (Wildman–Crippen LogP) is 4.43. The average Bonchev–Trinajstić information content (AvgIpc) is 3.40. The number of benzene rings is 1. The van der Waals surface area contributed by atoms with Gasteiger partial charge in [0.15, 0.2) is 0 Å². The van der Waals surface area contributed by atoms with Crippen molar-refractivity contribution in [3.05, 3.63) is 57.0 Å². The van der Waals surface area contributed by atoms with E-state index in [-0.39, 0.29) is 0 Å². The van der Waals surface area contributed by atoms with Crippen LogP contribution in [0.1, 0.15) is 18.4 Å². The van der Waals surface area contributed by atoms with Gasteiger partial charge in [-0.1, -0.05) is 29.3 Å². The predicted molar refractivity (Wildman–Crippen MR) is 135 cm³/mol. The zero-order chi connectivity index (χ0) is 22.8. The molecule has 176 valence electrons. The van der Waals surface area contributed by atoms with Crippen molar-refractivity contribution in [2.24, 2.45) is 0 Å². The quantitative estimate of drug-likeness (QED) is 0.563. The summed E-state index contributed by atoms with van der Waals surface area (Å²) in [6, 6.07) is 8.59. The van der Waals surface area contributed by atoms with Crippen LogP contribution in [0.25, 0.3) is 0 Å². The molecule has 33 heavy (non-hydrogen) atoms. The van der Waals surface area contributed by atoms with E-state index in [4.69, 9.17) is 32.7 Å². The third-order valence-electron chi connectivity index (χ3n) is 6.85. The molecular formula is C24H29Cl2N4O2P. The molecular weight excluding hydrogens is 478 g/mol. The molecule has 0 N–H and O–H groups in total. The number of hydrogen-bond acceptors (Lipinski definition) is 6. The normalized spacial score (nSPS) is 24.4. The lowest BCUT2D eigenvalue weighted by molar-refractivity contribution is 0.0583. The van der Waals surface area contributed by atoms with Gasteiger partial charge < -0.3 is 14.4 Å². The van der Waals surface area contributed by atoms with E-state index < -0.39 is 7.19 Å². The first-order valence-corrected chi connectivity index (χ1v) is 14.1. The van der Waals surface area contributed by atoms with Crippen LogP contribution in [0.5, 0.6) is 0 Å². The van der Waals surface area contributed by atoms with Gasteiger partial charge in [-0.05, 0) is 42.7 Å². The van der Waals surface area contributed by atoms with Gasteiger partial charge in [0, 0.05) is 44.6 Å². The number of morpholine rings is 2. The Morgan fingerprint density at radius 3 is 1.97 bits per heavy atom. The average molecular weight is 507 g/mol. The Morgan fingerprint density at radius 1 is 0.818 bits per heavy atom. The summed E-state index contributed by atoms with van der Waals surface area (Å²) in [5, 5.41) is 13.9. The van der Waals surface area contributed by atoms with Gasteiger partial charge in [0.05, 0.1) is 49.4 Å². The van der Waals surface area contributed by atoms with Crippen molar-refractivity contribution in [3.8, 4) is 6.07 Å². The van der Waals surface area contributed by atoms with Crippen LogP contribution in [0.15, 0.2) is 41.4 Å².